The zero-order valence-electron chi connectivity index (χ0n) is 11.2. The summed E-state index contributed by atoms with van der Waals surface area (Å²) in [6, 6.07) is 4.75. The first-order valence-corrected chi connectivity index (χ1v) is 6.78. The molecule has 1 aliphatic carbocycles. The van der Waals surface area contributed by atoms with Crippen molar-refractivity contribution in [3.05, 3.63) is 29.6 Å². The third kappa shape index (κ3) is 3.02. The average Bonchev–Trinajstić information content (AvgIpc) is 2.31. The van der Waals surface area contributed by atoms with E-state index in [0.29, 0.717) is 11.7 Å². The van der Waals surface area contributed by atoms with Gasteiger partial charge in [0.05, 0.1) is 6.10 Å². The van der Waals surface area contributed by atoms with Crippen molar-refractivity contribution in [2.24, 2.45) is 11.7 Å². The number of para-hydroxylation sites is 1. The van der Waals surface area contributed by atoms with E-state index >= 15 is 0 Å². The van der Waals surface area contributed by atoms with Gasteiger partial charge in [-0.15, -0.1) is 0 Å². The lowest BCUT2D eigenvalue weighted by Crippen LogP contribution is -2.25. The van der Waals surface area contributed by atoms with Gasteiger partial charge in [0.25, 0.3) is 0 Å². The molecule has 0 amide bonds. The highest BCUT2D eigenvalue weighted by Gasteiger charge is 2.23. The van der Waals surface area contributed by atoms with Crippen molar-refractivity contribution in [1.82, 2.24) is 0 Å². The van der Waals surface area contributed by atoms with Gasteiger partial charge in [-0.3, -0.25) is 0 Å². The Morgan fingerprint density at radius 1 is 1.39 bits per heavy atom. The molecule has 1 fully saturated rings. The minimum atomic E-state index is -0.303. The SMILES string of the molecule is CC1CCCC(Oc2c(F)cccc2[C@H](C)N)C1. The van der Waals surface area contributed by atoms with Crippen LogP contribution in [0, 0.1) is 11.7 Å². The molecular weight excluding hydrogens is 229 g/mol. The quantitative estimate of drug-likeness (QED) is 0.886. The maximum Gasteiger partial charge on any atom is 0.165 e. The summed E-state index contributed by atoms with van der Waals surface area (Å²) in [5.41, 5.74) is 6.63. The standard InChI is InChI=1S/C15H22FNO/c1-10-5-3-6-12(9-10)18-15-13(11(2)17)7-4-8-14(15)16/h4,7-8,10-12H,3,5-6,9,17H2,1-2H3/t10?,11-,12?/m0/s1. The second-order valence-corrected chi connectivity index (χ2v) is 5.46. The topological polar surface area (TPSA) is 35.2 Å². The van der Waals surface area contributed by atoms with E-state index in [2.05, 4.69) is 6.92 Å². The van der Waals surface area contributed by atoms with Crippen molar-refractivity contribution in [3.63, 3.8) is 0 Å². The minimum Gasteiger partial charge on any atom is -0.487 e. The summed E-state index contributed by atoms with van der Waals surface area (Å²) in [6.07, 6.45) is 4.55. The van der Waals surface area contributed by atoms with Gasteiger partial charge in [0.2, 0.25) is 0 Å². The van der Waals surface area contributed by atoms with Gasteiger partial charge in [-0.1, -0.05) is 25.5 Å². The van der Waals surface area contributed by atoms with Crippen LogP contribution in [0.4, 0.5) is 4.39 Å². The van der Waals surface area contributed by atoms with E-state index in [1.807, 2.05) is 13.0 Å². The lowest BCUT2D eigenvalue weighted by Gasteiger charge is -2.28. The first-order chi connectivity index (χ1) is 8.58. The Morgan fingerprint density at radius 3 is 2.83 bits per heavy atom. The van der Waals surface area contributed by atoms with Gasteiger partial charge in [-0.25, -0.2) is 4.39 Å². The van der Waals surface area contributed by atoms with E-state index in [-0.39, 0.29) is 18.0 Å². The molecule has 3 heteroatoms. The summed E-state index contributed by atoms with van der Waals surface area (Å²) in [4.78, 5) is 0. The van der Waals surface area contributed by atoms with E-state index < -0.39 is 0 Å². The fraction of sp³-hybridized carbons (Fsp3) is 0.600. The molecule has 0 aromatic heterocycles. The van der Waals surface area contributed by atoms with Gasteiger partial charge in [0.15, 0.2) is 11.6 Å². The summed E-state index contributed by atoms with van der Waals surface area (Å²) in [5.74, 6) is 0.712. The van der Waals surface area contributed by atoms with Crippen molar-refractivity contribution in [2.75, 3.05) is 0 Å². The summed E-state index contributed by atoms with van der Waals surface area (Å²) in [6.45, 7) is 4.08. The molecule has 18 heavy (non-hydrogen) atoms. The molecule has 0 radical (unpaired) electrons. The van der Waals surface area contributed by atoms with Crippen LogP contribution in [0.3, 0.4) is 0 Å². The molecule has 2 rings (SSSR count). The van der Waals surface area contributed by atoms with E-state index in [9.17, 15) is 4.39 Å². The highest BCUT2D eigenvalue weighted by atomic mass is 19.1. The molecule has 2 N–H and O–H groups in total. The Balaban J connectivity index is 2.17. The van der Waals surface area contributed by atoms with Gasteiger partial charge in [-0.2, -0.15) is 0 Å². The number of ether oxygens (including phenoxy) is 1. The largest absolute Gasteiger partial charge is 0.487 e. The molecule has 3 atom stereocenters. The Bertz CT molecular complexity index is 405. The second kappa shape index (κ2) is 5.70. The minimum absolute atomic E-state index is 0.128. The number of benzene rings is 1. The van der Waals surface area contributed by atoms with Crippen molar-refractivity contribution in [2.45, 2.75) is 51.7 Å². The number of halogens is 1. The van der Waals surface area contributed by atoms with Gasteiger partial charge in [0, 0.05) is 11.6 Å². The molecular formula is C15H22FNO. The van der Waals surface area contributed by atoms with Crippen LogP contribution >= 0.6 is 0 Å². The number of rotatable bonds is 3. The average molecular weight is 251 g/mol. The summed E-state index contributed by atoms with van der Waals surface area (Å²) in [5, 5.41) is 0. The molecule has 0 bridgehead atoms. The molecule has 2 unspecified atom stereocenters. The van der Waals surface area contributed by atoms with E-state index in [0.717, 1.165) is 24.8 Å². The fourth-order valence-electron chi connectivity index (χ4n) is 2.66. The molecule has 0 saturated heterocycles. The first-order valence-electron chi connectivity index (χ1n) is 6.78. The molecule has 1 aromatic carbocycles. The molecule has 100 valence electrons. The van der Waals surface area contributed by atoms with Crippen LogP contribution in [0.1, 0.15) is 51.1 Å². The third-order valence-electron chi connectivity index (χ3n) is 3.66. The van der Waals surface area contributed by atoms with E-state index in [4.69, 9.17) is 10.5 Å². The normalized spacial score (nSPS) is 25.8. The fourth-order valence-corrected chi connectivity index (χ4v) is 2.66. The molecule has 2 nitrogen and oxygen atoms in total. The predicted octanol–water partition coefficient (Wildman–Crippen LogP) is 3.80. The van der Waals surface area contributed by atoms with Crippen LogP contribution in [0.5, 0.6) is 5.75 Å². The lowest BCUT2D eigenvalue weighted by atomic mass is 9.88. The summed E-state index contributed by atoms with van der Waals surface area (Å²) >= 11 is 0. The van der Waals surface area contributed by atoms with Gasteiger partial charge in [0.1, 0.15) is 0 Å². The molecule has 1 aliphatic rings. The molecule has 0 aliphatic heterocycles. The Kier molecular flexibility index (Phi) is 4.23. The first kappa shape index (κ1) is 13.3. The number of hydrogen-bond acceptors (Lipinski definition) is 2. The van der Waals surface area contributed by atoms with Crippen molar-refractivity contribution < 1.29 is 9.13 Å². The monoisotopic (exact) mass is 251 g/mol. The second-order valence-electron chi connectivity index (χ2n) is 5.46. The molecule has 0 heterocycles. The molecule has 1 aromatic rings. The smallest absolute Gasteiger partial charge is 0.165 e. The van der Waals surface area contributed by atoms with Gasteiger partial charge >= 0.3 is 0 Å². The van der Waals surface area contributed by atoms with Crippen LogP contribution in [-0.2, 0) is 0 Å². The highest BCUT2D eigenvalue weighted by Crippen LogP contribution is 2.32. The lowest BCUT2D eigenvalue weighted by molar-refractivity contribution is 0.122. The van der Waals surface area contributed by atoms with Crippen molar-refractivity contribution in [1.29, 1.82) is 0 Å². The van der Waals surface area contributed by atoms with Gasteiger partial charge in [-0.05, 0) is 38.2 Å². The zero-order chi connectivity index (χ0) is 13.1. The van der Waals surface area contributed by atoms with Crippen LogP contribution in [0.15, 0.2) is 18.2 Å². The van der Waals surface area contributed by atoms with Gasteiger partial charge < -0.3 is 10.5 Å². The molecule has 1 saturated carbocycles. The molecule has 0 spiro atoms. The van der Waals surface area contributed by atoms with Crippen molar-refractivity contribution in [3.8, 4) is 5.75 Å². The van der Waals surface area contributed by atoms with Crippen LogP contribution in [-0.4, -0.2) is 6.10 Å². The van der Waals surface area contributed by atoms with Crippen molar-refractivity contribution >= 4 is 0 Å². The zero-order valence-corrected chi connectivity index (χ0v) is 11.2. The predicted molar refractivity (Wildman–Crippen MR) is 71.1 cm³/mol. The third-order valence-corrected chi connectivity index (χ3v) is 3.66. The van der Waals surface area contributed by atoms with E-state index in [1.165, 1.54) is 12.5 Å². The Labute approximate surface area is 108 Å². The summed E-state index contributed by atoms with van der Waals surface area (Å²) < 4.78 is 19.8. The Morgan fingerprint density at radius 2 is 2.17 bits per heavy atom. The van der Waals surface area contributed by atoms with Crippen LogP contribution in [0.2, 0.25) is 0 Å². The van der Waals surface area contributed by atoms with Crippen LogP contribution in [0.25, 0.3) is 0 Å². The highest BCUT2D eigenvalue weighted by molar-refractivity contribution is 5.37. The van der Waals surface area contributed by atoms with Crippen LogP contribution < -0.4 is 10.5 Å². The summed E-state index contributed by atoms with van der Waals surface area (Å²) in [7, 11) is 0. The number of nitrogens with two attached hydrogens (primary N) is 1. The maximum atomic E-state index is 13.9. The maximum absolute atomic E-state index is 13.9. The van der Waals surface area contributed by atoms with E-state index in [1.54, 1.807) is 6.07 Å². The number of hydrogen-bond donors (Lipinski definition) is 1. The Hall–Kier alpha value is -1.09.